The highest BCUT2D eigenvalue weighted by molar-refractivity contribution is 4.82. The van der Waals surface area contributed by atoms with E-state index in [1.807, 2.05) is 0 Å². The molecule has 0 aliphatic carbocycles. The van der Waals surface area contributed by atoms with E-state index < -0.39 is 0 Å². The molecule has 3 unspecified atom stereocenters. The normalized spacial score (nSPS) is 18.9. The van der Waals surface area contributed by atoms with E-state index in [1.54, 1.807) is 0 Å². The molecule has 0 aliphatic rings. The molecule has 0 N–H and O–H groups in total. The average molecular weight is 154 g/mol. The second-order valence-electron chi connectivity index (χ2n) is 3.55. The molecule has 3 atom stereocenters. The summed E-state index contributed by atoms with van der Waals surface area (Å²) >= 11 is 0. The summed E-state index contributed by atoms with van der Waals surface area (Å²) in [6.45, 7) is 13.0. The third kappa shape index (κ3) is 3.09. The van der Waals surface area contributed by atoms with Crippen molar-refractivity contribution in [1.29, 1.82) is 0 Å². The minimum absolute atomic E-state index is 0.676. The summed E-state index contributed by atoms with van der Waals surface area (Å²) in [5.41, 5.74) is 0. The fourth-order valence-corrected chi connectivity index (χ4v) is 1.77. The van der Waals surface area contributed by atoms with Crippen molar-refractivity contribution in [1.82, 2.24) is 0 Å². The molecule has 0 rings (SSSR count). The summed E-state index contributed by atoms with van der Waals surface area (Å²) in [4.78, 5) is 0. The molecule has 0 aliphatic heterocycles. The molecule has 0 saturated heterocycles. The van der Waals surface area contributed by atoms with E-state index in [2.05, 4.69) is 40.3 Å². The lowest BCUT2D eigenvalue weighted by molar-refractivity contribution is 0.277. The Morgan fingerprint density at radius 1 is 1.18 bits per heavy atom. The van der Waals surface area contributed by atoms with Crippen LogP contribution in [0.15, 0.2) is 12.7 Å². The molecule has 0 bridgehead atoms. The molecular weight excluding hydrogens is 132 g/mol. The number of hydrogen-bond acceptors (Lipinski definition) is 0. The van der Waals surface area contributed by atoms with Gasteiger partial charge in [0, 0.05) is 0 Å². The molecule has 0 fully saturated rings. The van der Waals surface area contributed by atoms with Gasteiger partial charge in [0.05, 0.1) is 0 Å². The molecule has 0 aromatic carbocycles. The van der Waals surface area contributed by atoms with Crippen molar-refractivity contribution < 1.29 is 0 Å². The van der Waals surface area contributed by atoms with Gasteiger partial charge in [-0.2, -0.15) is 0 Å². The van der Waals surface area contributed by atoms with Crippen LogP contribution in [0.25, 0.3) is 0 Å². The first kappa shape index (κ1) is 10.7. The Morgan fingerprint density at radius 3 is 2.00 bits per heavy atom. The molecule has 0 heterocycles. The van der Waals surface area contributed by atoms with E-state index >= 15 is 0 Å². The van der Waals surface area contributed by atoms with Crippen LogP contribution >= 0.6 is 0 Å². The molecule has 0 saturated carbocycles. The lowest BCUT2D eigenvalue weighted by atomic mass is 9.80. The second kappa shape index (κ2) is 5.40. The smallest absolute Gasteiger partial charge is 0.0234 e. The highest BCUT2D eigenvalue weighted by Gasteiger charge is 2.17. The maximum atomic E-state index is 3.85. The van der Waals surface area contributed by atoms with E-state index in [0.29, 0.717) is 5.92 Å². The third-order valence-corrected chi connectivity index (χ3v) is 2.89. The van der Waals surface area contributed by atoms with Gasteiger partial charge >= 0.3 is 0 Å². The van der Waals surface area contributed by atoms with Crippen molar-refractivity contribution in [2.24, 2.45) is 17.8 Å². The zero-order valence-electron chi connectivity index (χ0n) is 8.43. The average Bonchev–Trinajstić information content (AvgIpc) is 2.05. The summed E-state index contributed by atoms with van der Waals surface area (Å²) in [5, 5.41) is 0. The summed E-state index contributed by atoms with van der Waals surface area (Å²) < 4.78 is 0. The Labute approximate surface area is 71.7 Å². The third-order valence-electron chi connectivity index (χ3n) is 2.89. The van der Waals surface area contributed by atoms with Gasteiger partial charge in [0.25, 0.3) is 0 Å². The van der Waals surface area contributed by atoms with Gasteiger partial charge in [-0.05, 0) is 17.8 Å². The topological polar surface area (TPSA) is 0 Å². The minimum atomic E-state index is 0.676. The van der Waals surface area contributed by atoms with Gasteiger partial charge in [-0.1, -0.05) is 46.6 Å². The monoisotopic (exact) mass is 154 g/mol. The highest BCUT2D eigenvalue weighted by atomic mass is 14.2. The summed E-state index contributed by atoms with van der Waals surface area (Å²) in [6, 6.07) is 0. The van der Waals surface area contributed by atoms with E-state index in [-0.39, 0.29) is 0 Å². The predicted octanol–water partition coefficient (Wildman–Crippen LogP) is 3.88. The standard InChI is InChI=1S/C11H22/c1-6-9(4)11(8-3)10(5)7-2/h6,9-11H,1,7-8H2,2-5H3. The van der Waals surface area contributed by atoms with Crippen LogP contribution in [-0.4, -0.2) is 0 Å². The van der Waals surface area contributed by atoms with Gasteiger partial charge in [-0.15, -0.1) is 6.58 Å². The first-order valence-electron chi connectivity index (χ1n) is 4.79. The van der Waals surface area contributed by atoms with Crippen molar-refractivity contribution in [3.63, 3.8) is 0 Å². The second-order valence-corrected chi connectivity index (χ2v) is 3.55. The molecule has 0 heteroatoms. The van der Waals surface area contributed by atoms with E-state index in [1.165, 1.54) is 12.8 Å². The molecule has 0 radical (unpaired) electrons. The number of hydrogen-bond donors (Lipinski definition) is 0. The van der Waals surface area contributed by atoms with Crippen LogP contribution in [0.5, 0.6) is 0 Å². The number of rotatable bonds is 5. The molecule has 11 heavy (non-hydrogen) atoms. The van der Waals surface area contributed by atoms with Gasteiger partial charge in [0.1, 0.15) is 0 Å². The zero-order valence-corrected chi connectivity index (χ0v) is 8.43. The maximum absolute atomic E-state index is 3.85. The summed E-state index contributed by atoms with van der Waals surface area (Å²) in [5.74, 6) is 2.35. The van der Waals surface area contributed by atoms with Crippen molar-refractivity contribution >= 4 is 0 Å². The first-order chi connectivity index (χ1) is 5.17. The Hall–Kier alpha value is -0.260. The molecule has 66 valence electrons. The zero-order chi connectivity index (χ0) is 8.85. The Bertz CT molecular complexity index is 105. The Balaban J connectivity index is 4.02. The van der Waals surface area contributed by atoms with Crippen LogP contribution < -0.4 is 0 Å². The quantitative estimate of drug-likeness (QED) is 0.527. The Morgan fingerprint density at radius 2 is 1.73 bits per heavy atom. The molecule has 0 aromatic heterocycles. The predicted molar refractivity (Wildman–Crippen MR) is 52.6 cm³/mol. The fraction of sp³-hybridized carbons (Fsp3) is 0.818. The van der Waals surface area contributed by atoms with E-state index in [0.717, 1.165) is 11.8 Å². The summed E-state index contributed by atoms with van der Waals surface area (Å²) in [7, 11) is 0. The first-order valence-corrected chi connectivity index (χ1v) is 4.79. The molecule has 0 amide bonds. The molecular formula is C11H22. The van der Waals surface area contributed by atoms with Crippen molar-refractivity contribution in [3.8, 4) is 0 Å². The van der Waals surface area contributed by atoms with Gasteiger partial charge in [0.15, 0.2) is 0 Å². The van der Waals surface area contributed by atoms with Crippen LogP contribution in [0.1, 0.15) is 40.5 Å². The number of allylic oxidation sites excluding steroid dienone is 1. The van der Waals surface area contributed by atoms with Crippen LogP contribution in [0.2, 0.25) is 0 Å². The van der Waals surface area contributed by atoms with Crippen LogP contribution in [0, 0.1) is 17.8 Å². The van der Waals surface area contributed by atoms with Crippen LogP contribution in [-0.2, 0) is 0 Å². The van der Waals surface area contributed by atoms with Crippen LogP contribution in [0.4, 0.5) is 0 Å². The van der Waals surface area contributed by atoms with Crippen LogP contribution in [0.3, 0.4) is 0 Å². The highest BCUT2D eigenvalue weighted by Crippen LogP contribution is 2.26. The lowest BCUT2D eigenvalue weighted by Gasteiger charge is -2.25. The van der Waals surface area contributed by atoms with Gasteiger partial charge < -0.3 is 0 Å². The molecule has 0 nitrogen and oxygen atoms in total. The molecule has 0 spiro atoms. The van der Waals surface area contributed by atoms with Gasteiger partial charge in [-0.3, -0.25) is 0 Å². The minimum Gasteiger partial charge on any atom is -0.103 e. The van der Waals surface area contributed by atoms with Gasteiger partial charge in [-0.25, -0.2) is 0 Å². The van der Waals surface area contributed by atoms with Crippen molar-refractivity contribution in [2.45, 2.75) is 40.5 Å². The van der Waals surface area contributed by atoms with E-state index in [4.69, 9.17) is 0 Å². The maximum Gasteiger partial charge on any atom is -0.0234 e. The van der Waals surface area contributed by atoms with Gasteiger partial charge in [0.2, 0.25) is 0 Å². The largest absolute Gasteiger partial charge is 0.103 e. The fourth-order valence-electron chi connectivity index (χ4n) is 1.77. The molecule has 0 aromatic rings. The van der Waals surface area contributed by atoms with Crippen molar-refractivity contribution in [3.05, 3.63) is 12.7 Å². The van der Waals surface area contributed by atoms with E-state index in [9.17, 15) is 0 Å². The lowest BCUT2D eigenvalue weighted by Crippen LogP contribution is -2.16. The van der Waals surface area contributed by atoms with Crippen molar-refractivity contribution in [2.75, 3.05) is 0 Å². The SMILES string of the molecule is C=CC(C)C(CC)C(C)CC. The Kier molecular flexibility index (Phi) is 5.27. The summed E-state index contributed by atoms with van der Waals surface area (Å²) in [6.07, 6.45) is 4.65.